The average Bonchev–Trinajstić information content (AvgIpc) is 2.17. The number of rotatable bonds is 1. The number of fused-ring (bicyclic) bond motifs is 1. The largest absolute Gasteiger partial charge is 0.330 e. The van der Waals surface area contributed by atoms with E-state index in [1.807, 2.05) is 0 Å². The summed E-state index contributed by atoms with van der Waals surface area (Å²) in [5.41, 5.74) is 5.73. The Morgan fingerprint density at radius 2 is 1.67 bits per heavy atom. The first kappa shape index (κ1) is 8.55. The molecule has 0 aromatic carbocycles. The van der Waals surface area contributed by atoms with Gasteiger partial charge in [-0.1, -0.05) is 25.7 Å². The molecule has 3 atom stereocenters. The van der Waals surface area contributed by atoms with Crippen LogP contribution in [0.2, 0.25) is 0 Å². The van der Waals surface area contributed by atoms with E-state index in [0.717, 1.165) is 24.3 Å². The minimum atomic E-state index is 0.865. The van der Waals surface area contributed by atoms with Gasteiger partial charge in [-0.25, -0.2) is 0 Å². The van der Waals surface area contributed by atoms with E-state index in [4.69, 9.17) is 5.73 Å². The summed E-state index contributed by atoms with van der Waals surface area (Å²) >= 11 is 0. The van der Waals surface area contributed by atoms with E-state index >= 15 is 0 Å². The minimum absolute atomic E-state index is 0.865. The molecule has 70 valence electrons. The fourth-order valence-electron chi connectivity index (χ4n) is 3.18. The lowest BCUT2D eigenvalue weighted by molar-refractivity contribution is 0.133. The maximum absolute atomic E-state index is 5.73. The van der Waals surface area contributed by atoms with Crippen molar-refractivity contribution in [2.24, 2.45) is 23.5 Å². The molecular formula is C11H21N. The molecule has 0 amide bonds. The molecule has 2 N–H and O–H groups in total. The number of nitrogens with two attached hydrogens (primary N) is 1. The fourth-order valence-corrected chi connectivity index (χ4v) is 3.18. The van der Waals surface area contributed by atoms with Crippen LogP contribution in [0.25, 0.3) is 0 Å². The molecule has 0 heterocycles. The van der Waals surface area contributed by atoms with Crippen LogP contribution >= 0.6 is 0 Å². The third-order valence-corrected chi connectivity index (χ3v) is 3.98. The van der Waals surface area contributed by atoms with Crippen LogP contribution < -0.4 is 5.73 Å². The summed E-state index contributed by atoms with van der Waals surface area (Å²) in [7, 11) is 0. The quantitative estimate of drug-likeness (QED) is 0.638. The third-order valence-electron chi connectivity index (χ3n) is 3.98. The molecule has 0 radical (unpaired) electrons. The predicted molar refractivity (Wildman–Crippen MR) is 51.8 cm³/mol. The summed E-state index contributed by atoms with van der Waals surface area (Å²) in [6.45, 7) is 0.934. The summed E-state index contributed by atoms with van der Waals surface area (Å²) in [6, 6.07) is 0. The first-order valence-electron chi connectivity index (χ1n) is 5.60. The molecular weight excluding hydrogens is 146 g/mol. The Bertz CT molecular complexity index is 144. The zero-order valence-corrected chi connectivity index (χ0v) is 7.97. The van der Waals surface area contributed by atoms with Gasteiger partial charge < -0.3 is 5.73 Å². The fraction of sp³-hybridized carbons (Fsp3) is 1.00. The van der Waals surface area contributed by atoms with Gasteiger partial charge in [0, 0.05) is 0 Å². The molecule has 3 unspecified atom stereocenters. The molecule has 2 aliphatic carbocycles. The minimum Gasteiger partial charge on any atom is -0.330 e. The van der Waals surface area contributed by atoms with Crippen LogP contribution in [-0.4, -0.2) is 6.54 Å². The lowest BCUT2D eigenvalue weighted by Crippen LogP contribution is -2.30. The van der Waals surface area contributed by atoms with Crippen molar-refractivity contribution in [3.8, 4) is 0 Å². The Morgan fingerprint density at radius 3 is 2.42 bits per heavy atom. The van der Waals surface area contributed by atoms with Crippen molar-refractivity contribution in [3.05, 3.63) is 0 Å². The molecule has 1 heteroatoms. The highest BCUT2D eigenvalue weighted by molar-refractivity contribution is 4.83. The van der Waals surface area contributed by atoms with E-state index in [-0.39, 0.29) is 0 Å². The zero-order chi connectivity index (χ0) is 8.39. The van der Waals surface area contributed by atoms with Crippen molar-refractivity contribution in [2.45, 2.75) is 44.9 Å². The molecule has 0 saturated heterocycles. The molecule has 12 heavy (non-hydrogen) atoms. The molecule has 0 bridgehead atoms. The molecule has 0 aromatic rings. The summed E-state index contributed by atoms with van der Waals surface area (Å²) in [5.74, 6) is 3.01. The topological polar surface area (TPSA) is 26.0 Å². The van der Waals surface area contributed by atoms with Gasteiger partial charge in [0.15, 0.2) is 0 Å². The summed E-state index contributed by atoms with van der Waals surface area (Å²) in [6.07, 6.45) is 10.3. The second-order valence-corrected chi connectivity index (χ2v) is 4.72. The van der Waals surface area contributed by atoms with Crippen molar-refractivity contribution >= 4 is 0 Å². The molecule has 0 aromatic heterocycles. The Labute approximate surface area is 75.7 Å². The average molecular weight is 167 g/mol. The van der Waals surface area contributed by atoms with Crippen LogP contribution in [0.3, 0.4) is 0 Å². The molecule has 2 aliphatic rings. The molecule has 1 nitrogen and oxygen atoms in total. The third kappa shape index (κ3) is 1.66. The van der Waals surface area contributed by atoms with Crippen LogP contribution in [0.15, 0.2) is 0 Å². The van der Waals surface area contributed by atoms with Crippen molar-refractivity contribution in [1.29, 1.82) is 0 Å². The summed E-state index contributed by atoms with van der Waals surface area (Å²) < 4.78 is 0. The smallest absolute Gasteiger partial charge is 0.00488 e. The van der Waals surface area contributed by atoms with E-state index in [2.05, 4.69) is 0 Å². The molecule has 0 spiro atoms. The van der Waals surface area contributed by atoms with Crippen LogP contribution in [0.5, 0.6) is 0 Å². The maximum Gasteiger partial charge on any atom is -0.00488 e. The van der Waals surface area contributed by atoms with Gasteiger partial charge in [-0.15, -0.1) is 0 Å². The Morgan fingerprint density at radius 1 is 0.917 bits per heavy atom. The van der Waals surface area contributed by atoms with Gasteiger partial charge in [-0.2, -0.15) is 0 Å². The second kappa shape index (κ2) is 3.78. The van der Waals surface area contributed by atoms with Crippen molar-refractivity contribution in [3.63, 3.8) is 0 Å². The highest BCUT2D eigenvalue weighted by Gasteiger charge is 2.31. The van der Waals surface area contributed by atoms with Gasteiger partial charge >= 0.3 is 0 Å². The van der Waals surface area contributed by atoms with Crippen LogP contribution in [-0.2, 0) is 0 Å². The van der Waals surface area contributed by atoms with E-state index in [9.17, 15) is 0 Å². The van der Waals surface area contributed by atoms with Gasteiger partial charge in [0.05, 0.1) is 0 Å². The van der Waals surface area contributed by atoms with Crippen LogP contribution in [0.1, 0.15) is 44.9 Å². The van der Waals surface area contributed by atoms with Crippen molar-refractivity contribution in [1.82, 2.24) is 0 Å². The normalized spacial score (nSPS) is 42.2. The lowest BCUT2D eigenvalue weighted by atomic mass is 9.67. The van der Waals surface area contributed by atoms with E-state index < -0.39 is 0 Å². The molecule has 0 aliphatic heterocycles. The van der Waals surface area contributed by atoms with E-state index in [1.54, 1.807) is 0 Å². The highest BCUT2D eigenvalue weighted by Crippen LogP contribution is 2.42. The molecule has 2 rings (SSSR count). The zero-order valence-electron chi connectivity index (χ0n) is 7.97. The van der Waals surface area contributed by atoms with Gasteiger partial charge in [0.1, 0.15) is 0 Å². The van der Waals surface area contributed by atoms with Crippen molar-refractivity contribution < 1.29 is 0 Å². The highest BCUT2D eigenvalue weighted by atomic mass is 14.6. The SMILES string of the molecule is NCC1CCC2CCCCC2C1. The standard InChI is InChI=1S/C11H21N/c12-8-9-5-6-10-3-1-2-4-11(10)7-9/h9-11H,1-8,12H2. The van der Waals surface area contributed by atoms with Gasteiger partial charge in [0.2, 0.25) is 0 Å². The van der Waals surface area contributed by atoms with Crippen LogP contribution in [0, 0.1) is 17.8 Å². The van der Waals surface area contributed by atoms with Gasteiger partial charge in [0.25, 0.3) is 0 Å². The monoisotopic (exact) mass is 167 g/mol. The predicted octanol–water partition coefficient (Wildman–Crippen LogP) is 2.55. The van der Waals surface area contributed by atoms with Crippen LogP contribution in [0.4, 0.5) is 0 Å². The Balaban J connectivity index is 1.90. The van der Waals surface area contributed by atoms with Crippen molar-refractivity contribution in [2.75, 3.05) is 6.54 Å². The molecule has 2 saturated carbocycles. The lowest BCUT2D eigenvalue weighted by Gasteiger charge is -2.38. The summed E-state index contributed by atoms with van der Waals surface area (Å²) in [5, 5.41) is 0. The van der Waals surface area contributed by atoms with Gasteiger partial charge in [-0.3, -0.25) is 0 Å². The number of hydrogen-bond donors (Lipinski definition) is 1. The first-order chi connectivity index (χ1) is 5.90. The maximum atomic E-state index is 5.73. The van der Waals surface area contributed by atoms with Gasteiger partial charge in [-0.05, 0) is 43.6 Å². The molecule has 2 fully saturated rings. The Hall–Kier alpha value is -0.0400. The first-order valence-corrected chi connectivity index (χ1v) is 5.60. The van der Waals surface area contributed by atoms with E-state index in [1.165, 1.54) is 44.9 Å². The number of hydrogen-bond acceptors (Lipinski definition) is 1. The Kier molecular flexibility index (Phi) is 2.69. The van der Waals surface area contributed by atoms with E-state index in [0.29, 0.717) is 0 Å². The second-order valence-electron chi connectivity index (χ2n) is 4.72. The summed E-state index contributed by atoms with van der Waals surface area (Å²) in [4.78, 5) is 0.